The van der Waals surface area contributed by atoms with Crippen LogP contribution in [0.15, 0.2) is 0 Å². The molecule has 1 fully saturated rings. The average Bonchev–Trinajstić information content (AvgIpc) is 2.15. The lowest BCUT2D eigenvalue weighted by Gasteiger charge is -2.31. The first-order valence-electron chi connectivity index (χ1n) is 4.40. The molecule has 0 saturated carbocycles. The second-order valence-corrected chi connectivity index (χ2v) is 3.47. The van der Waals surface area contributed by atoms with Crippen molar-refractivity contribution in [2.24, 2.45) is 0 Å². The van der Waals surface area contributed by atoms with Gasteiger partial charge >= 0.3 is 6.09 Å². The molecule has 0 aromatic carbocycles. The molecule has 1 aliphatic rings. The van der Waals surface area contributed by atoms with E-state index in [1.165, 1.54) is 0 Å². The van der Waals surface area contributed by atoms with Crippen molar-refractivity contribution in [2.45, 2.75) is 0 Å². The number of likely N-dealkylation sites (N-methyl/N-ethyl adjacent to an activating group) is 1. The van der Waals surface area contributed by atoms with E-state index in [2.05, 4.69) is 4.90 Å². The van der Waals surface area contributed by atoms with Crippen molar-refractivity contribution in [3.05, 3.63) is 0 Å². The number of carbonyl (C=O) groups excluding carboxylic acids is 1. The number of rotatable bonds is 2. The number of hydrogen-bond donors (Lipinski definition) is 0. The van der Waals surface area contributed by atoms with Crippen LogP contribution in [0.3, 0.4) is 0 Å². The maximum absolute atomic E-state index is 11.3. The van der Waals surface area contributed by atoms with E-state index in [1.807, 2.05) is 7.05 Å². The molecule has 4 nitrogen and oxygen atoms in total. The van der Waals surface area contributed by atoms with E-state index in [1.54, 1.807) is 4.90 Å². The standard InChI is InChI=1S/C8H15ClN2O2/c1-10-3-5-11(6-4-10)8(12)13-7-2-9/h2-7H2,1H3. The Morgan fingerprint density at radius 3 is 2.54 bits per heavy atom. The quantitative estimate of drug-likeness (QED) is 0.621. The van der Waals surface area contributed by atoms with Gasteiger partial charge in [-0.15, -0.1) is 11.6 Å². The minimum atomic E-state index is -0.242. The van der Waals surface area contributed by atoms with E-state index in [0.717, 1.165) is 26.2 Å². The molecular weight excluding hydrogens is 192 g/mol. The van der Waals surface area contributed by atoms with Gasteiger partial charge in [0.05, 0.1) is 5.88 Å². The molecule has 0 N–H and O–H groups in total. The molecule has 5 heteroatoms. The van der Waals surface area contributed by atoms with Gasteiger partial charge < -0.3 is 14.5 Å². The van der Waals surface area contributed by atoms with E-state index in [0.29, 0.717) is 12.5 Å². The Morgan fingerprint density at radius 2 is 2.00 bits per heavy atom. The zero-order valence-electron chi connectivity index (χ0n) is 7.83. The predicted molar refractivity (Wildman–Crippen MR) is 51.1 cm³/mol. The molecule has 13 heavy (non-hydrogen) atoms. The van der Waals surface area contributed by atoms with Gasteiger partial charge in [-0.05, 0) is 7.05 Å². The third-order valence-corrected chi connectivity index (χ3v) is 2.22. The molecule has 1 saturated heterocycles. The minimum absolute atomic E-state index is 0.242. The van der Waals surface area contributed by atoms with Crippen LogP contribution in [0.1, 0.15) is 0 Å². The van der Waals surface area contributed by atoms with Crippen molar-refractivity contribution in [3.8, 4) is 0 Å². The van der Waals surface area contributed by atoms with Crippen LogP contribution in [0.4, 0.5) is 4.79 Å². The van der Waals surface area contributed by atoms with Crippen LogP contribution in [0.25, 0.3) is 0 Å². The topological polar surface area (TPSA) is 32.8 Å². The van der Waals surface area contributed by atoms with Crippen molar-refractivity contribution in [3.63, 3.8) is 0 Å². The highest BCUT2D eigenvalue weighted by molar-refractivity contribution is 6.18. The van der Waals surface area contributed by atoms with E-state index < -0.39 is 0 Å². The molecule has 1 rings (SSSR count). The Labute approximate surface area is 83.4 Å². The van der Waals surface area contributed by atoms with Gasteiger partial charge in [-0.25, -0.2) is 4.79 Å². The Hall–Kier alpha value is -0.480. The predicted octanol–water partition coefficient (Wildman–Crippen LogP) is 0.609. The molecule has 76 valence electrons. The number of carbonyl (C=O) groups is 1. The fraction of sp³-hybridized carbons (Fsp3) is 0.875. The largest absolute Gasteiger partial charge is 0.448 e. The van der Waals surface area contributed by atoms with Gasteiger partial charge in [0.25, 0.3) is 0 Å². The zero-order valence-corrected chi connectivity index (χ0v) is 8.59. The number of hydrogen-bond acceptors (Lipinski definition) is 3. The summed E-state index contributed by atoms with van der Waals surface area (Å²) in [6.45, 7) is 3.62. The molecule has 0 aliphatic carbocycles. The normalized spacial score (nSPS) is 18.8. The molecular formula is C8H15ClN2O2. The molecule has 0 unspecified atom stereocenters. The molecule has 1 heterocycles. The average molecular weight is 207 g/mol. The molecule has 0 radical (unpaired) electrons. The smallest absolute Gasteiger partial charge is 0.409 e. The molecule has 0 bridgehead atoms. The lowest BCUT2D eigenvalue weighted by atomic mass is 10.3. The van der Waals surface area contributed by atoms with Crippen LogP contribution in [-0.2, 0) is 4.74 Å². The third-order valence-electron chi connectivity index (χ3n) is 2.06. The van der Waals surface area contributed by atoms with E-state index in [-0.39, 0.29) is 6.09 Å². The molecule has 0 spiro atoms. The number of piperazine rings is 1. The fourth-order valence-electron chi connectivity index (χ4n) is 1.21. The first-order chi connectivity index (χ1) is 6.24. The van der Waals surface area contributed by atoms with Crippen molar-refractivity contribution >= 4 is 17.7 Å². The highest BCUT2D eigenvalue weighted by Crippen LogP contribution is 2.01. The second-order valence-electron chi connectivity index (χ2n) is 3.09. The fourth-order valence-corrected chi connectivity index (χ4v) is 1.28. The highest BCUT2D eigenvalue weighted by Gasteiger charge is 2.19. The SMILES string of the molecule is CN1CCN(C(=O)OCCCl)CC1. The van der Waals surface area contributed by atoms with Crippen molar-refractivity contribution in [2.75, 3.05) is 45.7 Å². The number of amides is 1. The summed E-state index contributed by atoms with van der Waals surface area (Å²) in [5, 5.41) is 0. The number of nitrogens with zero attached hydrogens (tertiary/aromatic N) is 2. The Balaban J connectivity index is 2.23. The zero-order chi connectivity index (χ0) is 9.68. The van der Waals surface area contributed by atoms with Gasteiger partial charge in [-0.1, -0.05) is 0 Å². The first kappa shape index (κ1) is 10.6. The van der Waals surface area contributed by atoms with E-state index in [9.17, 15) is 4.79 Å². The van der Waals surface area contributed by atoms with Crippen LogP contribution in [0.2, 0.25) is 0 Å². The van der Waals surface area contributed by atoms with Gasteiger partial charge in [-0.3, -0.25) is 0 Å². The maximum atomic E-state index is 11.3. The van der Waals surface area contributed by atoms with Gasteiger partial charge in [0.1, 0.15) is 6.61 Å². The van der Waals surface area contributed by atoms with Crippen LogP contribution in [0.5, 0.6) is 0 Å². The third kappa shape index (κ3) is 3.40. The van der Waals surface area contributed by atoms with Crippen molar-refractivity contribution < 1.29 is 9.53 Å². The van der Waals surface area contributed by atoms with Crippen molar-refractivity contribution in [1.29, 1.82) is 0 Å². The van der Waals surface area contributed by atoms with Crippen LogP contribution >= 0.6 is 11.6 Å². The molecule has 1 aliphatic heterocycles. The van der Waals surface area contributed by atoms with E-state index >= 15 is 0 Å². The summed E-state index contributed by atoms with van der Waals surface area (Å²) in [6.07, 6.45) is -0.242. The molecule has 0 aromatic rings. The summed E-state index contributed by atoms with van der Waals surface area (Å²) in [7, 11) is 2.04. The first-order valence-corrected chi connectivity index (χ1v) is 4.93. The summed E-state index contributed by atoms with van der Waals surface area (Å²) < 4.78 is 4.90. The lowest BCUT2D eigenvalue weighted by Crippen LogP contribution is -2.47. The number of alkyl halides is 1. The van der Waals surface area contributed by atoms with Gasteiger partial charge in [-0.2, -0.15) is 0 Å². The highest BCUT2D eigenvalue weighted by atomic mass is 35.5. The summed E-state index contributed by atoms with van der Waals surface area (Å²) in [5.74, 6) is 0.361. The molecule has 1 amide bonds. The summed E-state index contributed by atoms with van der Waals surface area (Å²) >= 11 is 5.40. The molecule has 0 aromatic heterocycles. The Kier molecular flexibility index (Phi) is 4.32. The van der Waals surface area contributed by atoms with Crippen LogP contribution in [-0.4, -0.2) is 61.6 Å². The van der Waals surface area contributed by atoms with Crippen LogP contribution in [0, 0.1) is 0 Å². The number of ether oxygens (including phenoxy) is 1. The number of halogens is 1. The van der Waals surface area contributed by atoms with Crippen molar-refractivity contribution in [1.82, 2.24) is 9.80 Å². The van der Waals surface area contributed by atoms with E-state index in [4.69, 9.17) is 16.3 Å². The Bertz CT molecular complexity index is 170. The molecule has 0 atom stereocenters. The Morgan fingerprint density at radius 1 is 1.38 bits per heavy atom. The maximum Gasteiger partial charge on any atom is 0.409 e. The second kappa shape index (κ2) is 5.29. The monoisotopic (exact) mass is 206 g/mol. The minimum Gasteiger partial charge on any atom is -0.448 e. The van der Waals surface area contributed by atoms with Crippen LogP contribution < -0.4 is 0 Å². The summed E-state index contributed by atoms with van der Waals surface area (Å²) in [5.41, 5.74) is 0. The summed E-state index contributed by atoms with van der Waals surface area (Å²) in [4.78, 5) is 15.2. The lowest BCUT2D eigenvalue weighted by molar-refractivity contribution is 0.0861. The van der Waals surface area contributed by atoms with Gasteiger partial charge in [0.15, 0.2) is 0 Å². The van der Waals surface area contributed by atoms with Gasteiger partial charge in [0.2, 0.25) is 0 Å². The van der Waals surface area contributed by atoms with Gasteiger partial charge in [0, 0.05) is 26.2 Å². The summed E-state index contributed by atoms with van der Waals surface area (Å²) in [6, 6.07) is 0.